The van der Waals surface area contributed by atoms with Gasteiger partial charge in [0.2, 0.25) is 17.7 Å². The Morgan fingerprint density at radius 3 is 1.26 bits per heavy atom. The van der Waals surface area contributed by atoms with Crippen LogP contribution in [0.4, 0.5) is 0 Å². The summed E-state index contributed by atoms with van der Waals surface area (Å²) < 4.78 is 48.2. The SMILES string of the molecule is O=S(=O)(CS(=O)(=O)Sc1ccc(Cl)cc1)Sc1ccc(Cl)cc1. The van der Waals surface area contributed by atoms with Gasteiger partial charge in [0.25, 0.3) is 0 Å². The summed E-state index contributed by atoms with van der Waals surface area (Å²) in [4.78, 5) is 0.808. The molecule has 2 rings (SSSR count). The minimum Gasteiger partial charge on any atom is -0.216 e. The fourth-order valence-electron chi connectivity index (χ4n) is 1.50. The molecule has 0 amide bonds. The Bertz CT molecular complexity index is 801. The summed E-state index contributed by atoms with van der Waals surface area (Å²) in [5.41, 5.74) is 0. The first-order chi connectivity index (χ1) is 10.7. The van der Waals surface area contributed by atoms with Crippen LogP contribution in [-0.4, -0.2) is 21.9 Å². The molecular formula is C13H10Cl2O4S4. The molecule has 0 unspecified atom stereocenters. The van der Waals surface area contributed by atoms with Crippen molar-refractivity contribution in [2.45, 2.75) is 9.79 Å². The van der Waals surface area contributed by atoms with E-state index in [2.05, 4.69) is 0 Å². The van der Waals surface area contributed by atoms with Gasteiger partial charge in [0, 0.05) is 41.4 Å². The van der Waals surface area contributed by atoms with Gasteiger partial charge in [-0.05, 0) is 48.5 Å². The molecule has 124 valence electrons. The van der Waals surface area contributed by atoms with E-state index in [-0.39, 0.29) is 0 Å². The molecule has 0 saturated heterocycles. The van der Waals surface area contributed by atoms with Crippen LogP contribution in [0.1, 0.15) is 0 Å². The molecule has 2 aromatic rings. The molecular weight excluding hydrogens is 419 g/mol. The van der Waals surface area contributed by atoms with Gasteiger partial charge in [0.15, 0.2) is 5.08 Å². The fourth-order valence-corrected chi connectivity index (χ4v) is 10.8. The summed E-state index contributed by atoms with van der Waals surface area (Å²) in [6.45, 7) is 0. The normalized spacial score (nSPS) is 12.3. The molecule has 0 spiro atoms. The maximum Gasteiger partial charge on any atom is 0.221 e. The first-order valence-corrected chi connectivity index (χ1v) is 12.7. The monoisotopic (exact) mass is 428 g/mol. The Hall–Kier alpha value is -0.380. The Balaban J connectivity index is 2.08. The zero-order chi connectivity index (χ0) is 17.1. The third-order valence-corrected chi connectivity index (χ3v) is 11.0. The van der Waals surface area contributed by atoms with Crippen molar-refractivity contribution >= 4 is 62.5 Å². The molecule has 0 atom stereocenters. The van der Waals surface area contributed by atoms with Crippen LogP contribution >= 0.6 is 44.8 Å². The van der Waals surface area contributed by atoms with Crippen LogP contribution in [0.2, 0.25) is 10.0 Å². The summed E-state index contributed by atoms with van der Waals surface area (Å²) in [5.74, 6) is 0. The maximum atomic E-state index is 12.1. The minimum absolute atomic E-state index is 0.404. The van der Waals surface area contributed by atoms with Gasteiger partial charge in [0.1, 0.15) is 0 Å². The lowest BCUT2D eigenvalue weighted by atomic mass is 10.4. The molecule has 0 aliphatic carbocycles. The first-order valence-electron chi connectivity index (χ1n) is 6.01. The van der Waals surface area contributed by atoms with E-state index < -0.39 is 22.8 Å². The lowest BCUT2D eigenvalue weighted by molar-refractivity contribution is 0.604. The van der Waals surface area contributed by atoms with Crippen molar-refractivity contribution in [1.29, 1.82) is 0 Å². The standard InChI is InChI=1S/C13H10Cl2O4S4/c14-10-1-5-12(6-2-10)20-22(16,17)9-23(18,19)21-13-7-3-11(15)4-8-13/h1-8H,9H2. The Morgan fingerprint density at radius 2 is 0.957 bits per heavy atom. The Kier molecular flexibility index (Phi) is 6.32. The second-order valence-corrected chi connectivity index (χ2v) is 13.7. The predicted octanol–water partition coefficient (Wildman–Crippen LogP) is 4.49. The van der Waals surface area contributed by atoms with Crippen LogP contribution in [0.25, 0.3) is 0 Å². The lowest BCUT2D eigenvalue weighted by Gasteiger charge is -2.05. The van der Waals surface area contributed by atoms with E-state index in [0.717, 1.165) is 0 Å². The fraction of sp³-hybridized carbons (Fsp3) is 0.0769. The molecule has 0 aromatic heterocycles. The van der Waals surface area contributed by atoms with E-state index in [1.54, 1.807) is 0 Å². The maximum absolute atomic E-state index is 12.1. The van der Waals surface area contributed by atoms with Gasteiger partial charge in [-0.25, -0.2) is 16.8 Å². The van der Waals surface area contributed by atoms with Crippen LogP contribution in [0.3, 0.4) is 0 Å². The molecule has 0 heterocycles. The topological polar surface area (TPSA) is 68.3 Å². The highest BCUT2D eigenvalue weighted by Gasteiger charge is 2.25. The van der Waals surface area contributed by atoms with Gasteiger partial charge in [-0.15, -0.1) is 0 Å². The van der Waals surface area contributed by atoms with Gasteiger partial charge in [0.05, 0.1) is 0 Å². The smallest absolute Gasteiger partial charge is 0.216 e. The van der Waals surface area contributed by atoms with E-state index >= 15 is 0 Å². The number of halogens is 2. The van der Waals surface area contributed by atoms with Gasteiger partial charge in [-0.2, -0.15) is 0 Å². The molecule has 0 N–H and O–H groups in total. The molecule has 0 fully saturated rings. The second-order valence-electron chi connectivity index (χ2n) is 4.31. The van der Waals surface area contributed by atoms with Crippen molar-refractivity contribution in [3.8, 4) is 0 Å². The molecule has 2 aromatic carbocycles. The van der Waals surface area contributed by atoms with Crippen LogP contribution in [0.15, 0.2) is 58.3 Å². The van der Waals surface area contributed by atoms with Crippen molar-refractivity contribution < 1.29 is 16.8 Å². The first kappa shape index (κ1) is 19.0. The zero-order valence-electron chi connectivity index (χ0n) is 11.3. The zero-order valence-corrected chi connectivity index (χ0v) is 16.1. The molecule has 0 aliphatic rings. The van der Waals surface area contributed by atoms with Gasteiger partial charge in [-0.3, -0.25) is 0 Å². The second kappa shape index (κ2) is 7.67. The highest BCUT2D eigenvalue weighted by atomic mass is 35.5. The van der Waals surface area contributed by atoms with Gasteiger partial charge < -0.3 is 0 Å². The van der Waals surface area contributed by atoms with E-state index in [9.17, 15) is 16.8 Å². The van der Waals surface area contributed by atoms with E-state index in [0.29, 0.717) is 41.4 Å². The van der Waals surface area contributed by atoms with Crippen molar-refractivity contribution in [2.75, 3.05) is 5.08 Å². The third kappa shape index (κ3) is 6.56. The average molecular weight is 429 g/mol. The van der Waals surface area contributed by atoms with Crippen molar-refractivity contribution in [1.82, 2.24) is 0 Å². The number of hydrogen-bond donors (Lipinski definition) is 0. The quantitative estimate of drug-likeness (QED) is 0.630. The Labute approximate surface area is 152 Å². The largest absolute Gasteiger partial charge is 0.221 e. The van der Waals surface area contributed by atoms with E-state index in [1.165, 1.54) is 48.5 Å². The predicted molar refractivity (Wildman–Crippen MR) is 97.3 cm³/mol. The molecule has 4 nitrogen and oxygen atoms in total. The molecule has 0 saturated carbocycles. The molecule has 0 bridgehead atoms. The van der Waals surface area contributed by atoms with Crippen LogP contribution in [-0.2, 0) is 17.7 Å². The van der Waals surface area contributed by atoms with Crippen LogP contribution in [0, 0.1) is 0 Å². The van der Waals surface area contributed by atoms with Gasteiger partial charge in [-0.1, -0.05) is 23.2 Å². The van der Waals surface area contributed by atoms with Crippen LogP contribution in [0.5, 0.6) is 0 Å². The number of hydrogen-bond acceptors (Lipinski definition) is 6. The summed E-state index contributed by atoms with van der Waals surface area (Å²) in [5, 5.41) is -0.0315. The summed E-state index contributed by atoms with van der Waals surface area (Å²) in [6, 6.07) is 12.2. The lowest BCUT2D eigenvalue weighted by Crippen LogP contribution is -2.10. The molecule has 0 radical (unpaired) electrons. The van der Waals surface area contributed by atoms with Crippen molar-refractivity contribution in [3.05, 3.63) is 58.6 Å². The minimum atomic E-state index is -3.89. The van der Waals surface area contributed by atoms with Crippen molar-refractivity contribution in [2.24, 2.45) is 0 Å². The van der Waals surface area contributed by atoms with Crippen molar-refractivity contribution in [3.63, 3.8) is 0 Å². The third-order valence-electron chi connectivity index (χ3n) is 2.36. The molecule has 0 aliphatic heterocycles. The highest BCUT2D eigenvalue weighted by molar-refractivity contribution is 8.80. The average Bonchev–Trinajstić information content (AvgIpc) is 2.42. The number of benzene rings is 2. The van der Waals surface area contributed by atoms with Crippen LogP contribution < -0.4 is 0 Å². The summed E-state index contributed by atoms with van der Waals surface area (Å²) >= 11 is 11.4. The molecule has 10 heteroatoms. The van der Waals surface area contributed by atoms with E-state index in [4.69, 9.17) is 23.2 Å². The van der Waals surface area contributed by atoms with E-state index in [1.807, 2.05) is 0 Å². The highest BCUT2D eigenvalue weighted by Crippen LogP contribution is 2.32. The number of rotatable bonds is 6. The Morgan fingerprint density at radius 1 is 0.652 bits per heavy atom. The molecule has 23 heavy (non-hydrogen) atoms. The van der Waals surface area contributed by atoms with Gasteiger partial charge >= 0.3 is 0 Å². The summed E-state index contributed by atoms with van der Waals surface area (Å²) in [7, 11) is -6.80. The summed E-state index contributed by atoms with van der Waals surface area (Å²) in [6.07, 6.45) is 0.